The van der Waals surface area contributed by atoms with E-state index < -0.39 is 22.0 Å². The van der Waals surface area contributed by atoms with Crippen molar-refractivity contribution >= 4 is 27.9 Å². The van der Waals surface area contributed by atoms with E-state index in [2.05, 4.69) is 10.6 Å². The molecule has 1 fully saturated rings. The number of benzene rings is 2. The summed E-state index contributed by atoms with van der Waals surface area (Å²) >= 11 is 0. The second-order valence-electron chi connectivity index (χ2n) is 8.15. The van der Waals surface area contributed by atoms with Crippen molar-refractivity contribution in [2.24, 2.45) is 0 Å². The predicted octanol–water partition coefficient (Wildman–Crippen LogP) is 3.09. The highest BCUT2D eigenvalue weighted by molar-refractivity contribution is 7.89. The largest absolute Gasteiger partial charge is 0.350 e. The first-order valence-corrected chi connectivity index (χ1v) is 12.7. The van der Waals surface area contributed by atoms with Gasteiger partial charge in [-0.1, -0.05) is 55.3 Å². The normalized spacial score (nSPS) is 16.2. The minimum absolute atomic E-state index is 0.259. The molecule has 176 valence electrons. The Morgan fingerprint density at radius 1 is 0.970 bits per heavy atom. The second-order valence-corrected chi connectivity index (χ2v) is 10.1. The van der Waals surface area contributed by atoms with Gasteiger partial charge in [-0.05, 0) is 49.1 Å². The van der Waals surface area contributed by atoms with Gasteiger partial charge >= 0.3 is 0 Å². The Labute approximate surface area is 195 Å². The predicted molar refractivity (Wildman–Crippen MR) is 129 cm³/mol. The lowest BCUT2D eigenvalue weighted by Gasteiger charge is -2.19. The van der Waals surface area contributed by atoms with Gasteiger partial charge in [0.2, 0.25) is 21.8 Å². The van der Waals surface area contributed by atoms with Crippen molar-refractivity contribution in [1.82, 2.24) is 14.9 Å². The summed E-state index contributed by atoms with van der Waals surface area (Å²) < 4.78 is 27.3. The summed E-state index contributed by atoms with van der Waals surface area (Å²) in [5.41, 5.74) is 1.67. The van der Waals surface area contributed by atoms with Crippen LogP contribution >= 0.6 is 0 Å². The highest BCUT2D eigenvalue weighted by atomic mass is 32.2. The van der Waals surface area contributed by atoms with Crippen LogP contribution in [-0.4, -0.2) is 43.7 Å². The van der Waals surface area contributed by atoms with E-state index in [4.69, 9.17) is 0 Å². The number of amides is 2. The maximum atomic E-state index is 12.9. The number of hydrogen-bond acceptors (Lipinski definition) is 4. The van der Waals surface area contributed by atoms with Crippen LogP contribution in [0.25, 0.3) is 6.08 Å². The summed E-state index contributed by atoms with van der Waals surface area (Å²) in [5, 5.41) is 5.42. The van der Waals surface area contributed by atoms with Gasteiger partial charge < -0.3 is 10.6 Å². The van der Waals surface area contributed by atoms with Crippen LogP contribution < -0.4 is 10.6 Å². The first-order valence-electron chi connectivity index (χ1n) is 11.3. The minimum Gasteiger partial charge on any atom is -0.350 e. The summed E-state index contributed by atoms with van der Waals surface area (Å²) in [6.45, 7) is 3.12. The molecule has 1 saturated heterocycles. The molecule has 2 aromatic carbocycles. The summed E-state index contributed by atoms with van der Waals surface area (Å²) in [6.07, 6.45) is 6.82. The molecule has 1 aliphatic heterocycles. The Bertz CT molecular complexity index is 1060. The number of nitrogens with zero attached hydrogens (tertiary/aromatic N) is 1. The standard InChI is InChI=1S/C25H31N3O4S/c1-20(25(30)26-19-22-9-5-4-6-10-22)27-24(29)16-13-21-11-14-23(15-12-21)33(31,32)28-17-7-2-3-8-18-28/h4-6,9-16,20H,2-3,7-8,17-19H2,1H3,(H,26,30)(H,27,29). The van der Waals surface area contributed by atoms with E-state index in [-0.39, 0.29) is 10.8 Å². The van der Waals surface area contributed by atoms with Crippen molar-refractivity contribution < 1.29 is 18.0 Å². The van der Waals surface area contributed by atoms with E-state index in [0.717, 1.165) is 31.2 Å². The third-order valence-corrected chi connectivity index (χ3v) is 7.48. The Morgan fingerprint density at radius 3 is 2.24 bits per heavy atom. The number of nitrogens with one attached hydrogen (secondary N) is 2. The average Bonchev–Trinajstić information content (AvgIpc) is 3.12. The van der Waals surface area contributed by atoms with Gasteiger partial charge in [0.25, 0.3) is 0 Å². The maximum Gasteiger partial charge on any atom is 0.244 e. The summed E-state index contributed by atoms with van der Waals surface area (Å²) in [6, 6.07) is 15.3. The fraction of sp³-hybridized carbons (Fsp3) is 0.360. The topological polar surface area (TPSA) is 95.6 Å². The maximum absolute atomic E-state index is 12.9. The van der Waals surface area contributed by atoms with Crippen LogP contribution in [-0.2, 0) is 26.2 Å². The van der Waals surface area contributed by atoms with Gasteiger partial charge in [-0.3, -0.25) is 9.59 Å². The monoisotopic (exact) mass is 469 g/mol. The smallest absolute Gasteiger partial charge is 0.244 e. The molecule has 1 atom stereocenters. The van der Waals surface area contributed by atoms with Crippen LogP contribution in [0.3, 0.4) is 0 Å². The lowest BCUT2D eigenvalue weighted by molar-refractivity contribution is -0.126. The third-order valence-electron chi connectivity index (χ3n) is 5.57. The molecule has 0 saturated carbocycles. The van der Waals surface area contributed by atoms with E-state index in [1.54, 1.807) is 41.6 Å². The molecule has 2 amide bonds. The Hall–Kier alpha value is -2.97. The zero-order valence-electron chi connectivity index (χ0n) is 18.9. The number of sulfonamides is 1. The molecule has 1 unspecified atom stereocenters. The van der Waals surface area contributed by atoms with E-state index in [1.165, 1.54) is 6.08 Å². The summed E-state index contributed by atoms with van der Waals surface area (Å²) in [5.74, 6) is -0.678. The Balaban J connectivity index is 1.51. The van der Waals surface area contributed by atoms with Crippen molar-refractivity contribution in [3.05, 3.63) is 71.8 Å². The van der Waals surface area contributed by atoms with Crippen LogP contribution in [0.4, 0.5) is 0 Å². The van der Waals surface area contributed by atoms with Gasteiger partial charge in [0, 0.05) is 25.7 Å². The van der Waals surface area contributed by atoms with Gasteiger partial charge in [-0.25, -0.2) is 8.42 Å². The summed E-state index contributed by atoms with van der Waals surface area (Å²) in [7, 11) is -3.50. The zero-order valence-corrected chi connectivity index (χ0v) is 19.7. The van der Waals surface area contributed by atoms with Crippen LogP contribution in [0, 0.1) is 0 Å². The lowest BCUT2D eigenvalue weighted by atomic mass is 10.2. The third kappa shape index (κ3) is 7.27. The molecule has 0 spiro atoms. The zero-order chi connectivity index (χ0) is 23.7. The van der Waals surface area contributed by atoms with Crippen LogP contribution in [0.5, 0.6) is 0 Å². The molecule has 0 aromatic heterocycles. The Kier molecular flexibility index (Phi) is 8.79. The first-order chi connectivity index (χ1) is 15.9. The highest BCUT2D eigenvalue weighted by Gasteiger charge is 2.24. The fourth-order valence-electron chi connectivity index (χ4n) is 3.62. The quantitative estimate of drug-likeness (QED) is 0.581. The van der Waals surface area contributed by atoms with Gasteiger partial charge in [0.1, 0.15) is 6.04 Å². The van der Waals surface area contributed by atoms with E-state index >= 15 is 0 Å². The molecule has 1 aliphatic rings. The fourth-order valence-corrected chi connectivity index (χ4v) is 5.14. The molecular weight excluding hydrogens is 438 g/mol. The van der Waals surface area contributed by atoms with Gasteiger partial charge in [0.05, 0.1) is 4.90 Å². The van der Waals surface area contributed by atoms with Crippen molar-refractivity contribution in [3.8, 4) is 0 Å². The minimum atomic E-state index is -3.50. The molecule has 8 heteroatoms. The molecule has 7 nitrogen and oxygen atoms in total. The van der Waals surface area contributed by atoms with Gasteiger partial charge in [-0.2, -0.15) is 4.31 Å². The number of rotatable bonds is 8. The molecule has 2 N–H and O–H groups in total. The van der Waals surface area contributed by atoms with E-state index in [0.29, 0.717) is 25.2 Å². The molecule has 0 bridgehead atoms. The number of carbonyl (C=O) groups excluding carboxylic acids is 2. The van der Waals surface area contributed by atoms with Gasteiger partial charge in [0.15, 0.2) is 0 Å². The van der Waals surface area contributed by atoms with Crippen molar-refractivity contribution in [1.29, 1.82) is 0 Å². The molecule has 0 radical (unpaired) electrons. The molecule has 0 aliphatic carbocycles. The molecule has 3 rings (SSSR count). The molecular formula is C25H31N3O4S. The summed E-state index contributed by atoms with van der Waals surface area (Å²) in [4.78, 5) is 24.6. The highest BCUT2D eigenvalue weighted by Crippen LogP contribution is 2.21. The average molecular weight is 470 g/mol. The Morgan fingerprint density at radius 2 is 1.61 bits per heavy atom. The SMILES string of the molecule is CC(NC(=O)C=Cc1ccc(S(=O)(=O)N2CCCCCC2)cc1)C(=O)NCc1ccccc1. The van der Waals surface area contributed by atoms with Crippen molar-refractivity contribution in [3.63, 3.8) is 0 Å². The van der Waals surface area contributed by atoms with Crippen molar-refractivity contribution in [2.45, 2.75) is 50.1 Å². The van der Waals surface area contributed by atoms with Crippen LogP contribution in [0.2, 0.25) is 0 Å². The van der Waals surface area contributed by atoms with E-state index in [9.17, 15) is 18.0 Å². The second kappa shape index (κ2) is 11.8. The molecule has 33 heavy (non-hydrogen) atoms. The van der Waals surface area contributed by atoms with Gasteiger partial charge in [-0.15, -0.1) is 0 Å². The van der Waals surface area contributed by atoms with Crippen molar-refractivity contribution in [2.75, 3.05) is 13.1 Å². The number of hydrogen-bond donors (Lipinski definition) is 2. The van der Waals surface area contributed by atoms with E-state index in [1.807, 2.05) is 30.3 Å². The molecule has 2 aromatic rings. The molecule has 1 heterocycles. The number of carbonyl (C=O) groups is 2. The lowest BCUT2D eigenvalue weighted by Crippen LogP contribution is -2.44. The van der Waals surface area contributed by atoms with Crippen LogP contribution in [0.15, 0.2) is 65.6 Å². The first kappa shape index (κ1) is 24.7. The van der Waals surface area contributed by atoms with Crippen LogP contribution in [0.1, 0.15) is 43.7 Å².